The van der Waals surface area contributed by atoms with E-state index in [-0.39, 0.29) is 23.3 Å². The van der Waals surface area contributed by atoms with Gasteiger partial charge in [-0.1, -0.05) is 25.7 Å². The summed E-state index contributed by atoms with van der Waals surface area (Å²) in [5.41, 5.74) is 0. The first-order valence-electron chi connectivity index (χ1n) is 6.58. The number of hydrogen-bond donors (Lipinski definition) is 0. The average Bonchev–Trinajstić information content (AvgIpc) is 2.56. The van der Waals surface area contributed by atoms with Crippen LogP contribution in [0.5, 0.6) is 0 Å². The van der Waals surface area contributed by atoms with Crippen LogP contribution in [0.1, 0.15) is 38.5 Å². The molecule has 0 spiro atoms. The topological polar surface area (TPSA) is 54.5 Å². The molecular weight excluding hydrogens is 238 g/mol. The van der Waals surface area contributed by atoms with Gasteiger partial charge in [0.05, 0.1) is 11.5 Å². The van der Waals surface area contributed by atoms with Crippen molar-refractivity contribution in [3.63, 3.8) is 0 Å². The van der Waals surface area contributed by atoms with Crippen LogP contribution in [-0.4, -0.2) is 43.8 Å². The lowest BCUT2D eigenvalue weighted by atomic mass is 9.99. The van der Waals surface area contributed by atoms with Crippen LogP contribution < -0.4 is 0 Å². The van der Waals surface area contributed by atoms with Crippen molar-refractivity contribution in [1.29, 1.82) is 0 Å². The van der Waals surface area contributed by atoms with Crippen molar-refractivity contribution in [3.8, 4) is 0 Å². The SMILES string of the molecule is O=C(C1CCCCCC1)N1CCS(=O)(=O)CC1. The fraction of sp³-hybridized carbons (Fsp3) is 0.917. The predicted molar refractivity (Wildman–Crippen MR) is 66.4 cm³/mol. The molecular formula is C12H21NO3S. The molecule has 1 amide bonds. The van der Waals surface area contributed by atoms with Gasteiger partial charge in [0, 0.05) is 19.0 Å². The summed E-state index contributed by atoms with van der Waals surface area (Å²) >= 11 is 0. The second-order valence-electron chi connectivity index (χ2n) is 5.17. The molecule has 98 valence electrons. The first-order valence-corrected chi connectivity index (χ1v) is 8.40. The summed E-state index contributed by atoms with van der Waals surface area (Å²) in [6.45, 7) is 0.801. The van der Waals surface area contributed by atoms with Gasteiger partial charge >= 0.3 is 0 Å². The Labute approximate surface area is 103 Å². The van der Waals surface area contributed by atoms with Crippen molar-refractivity contribution in [2.45, 2.75) is 38.5 Å². The maximum absolute atomic E-state index is 12.2. The minimum atomic E-state index is -2.88. The zero-order chi connectivity index (χ0) is 12.3. The molecule has 0 aromatic heterocycles. The van der Waals surface area contributed by atoms with Gasteiger partial charge in [-0.2, -0.15) is 0 Å². The Bertz CT molecular complexity index is 355. The van der Waals surface area contributed by atoms with E-state index in [2.05, 4.69) is 0 Å². The molecule has 2 fully saturated rings. The highest BCUT2D eigenvalue weighted by Crippen LogP contribution is 2.25. The normalized spacial score (nSPS) is 26.5. The largest absolute Gasteiger partial charge is 0.340 e. The molecule has 1 saturated carbocycles. The monoisotopic (exact) mass is 259 g/mol. The Hall–Kier alpha value is -0.580. The van der Waals surface area contributed by atoms with Crippen molar-refractivity contribution in [1.82, 2.24) is 4.90 Å². The van der Waals surface area contributed by atoms with Crippen LogP contribution in [-0.2, 0) is 14.6 Å². The minimum absolute atomic E-state index is 0.144. The van der Waals surface area contributed by atoms with Gasteiger partial charge in [0.2, 0.25) is 5.91 Å². The molecule has 0 aromatic carbocycles. The van der Waals surface area contributed by atoms with Crippen LogP contribution >= 0.6 is 0 Å². The molecule has 5 heteroatoms. The molecule has 1 heterocycles. The molecule has 0 aromatic rings. The second-order valence-corrected chi connectivity index (χ2v) is 7.47. The van der Waals surface area contributed by atoms with Crippen molar-refractivity contribution in [2.75, 3.05) is 24.6 Å². The second kappa shape index (κ2) is 5.38. The van der Waals surface area contributed by atoms with Gasteiger partial charge in [-0.3, -0.25) is 4.79 Å². The standard InChI is InChI=1S/C12H21NO3S/c14-12(11-5-3-1-2-4-6-11)13-7-9-17(15,16)10-8-13/h11H,1-10H2. The van der Waals surface area contributed by atoms with E-state index in [9.17, 15) is 13.2 Å². The number of sulfone groups is 1. The lowest BCUT2D eigenvalue weighted by Crippen LogP contribution is -2.46. The van der Waals surface area contributed by atoms with Crippen LogP contribution in [0.15, 0.2) is 0 Å². The molecule has 2 aliphatic rings. The first kappa shape index (κ1) is 12.9. The zero-order valence-corrected chi connectivity index (χ0v) is 11.0. The van der Waals surface area contributed by atoms with E-state index in [0.717, 1.165) is 25.7 Å². The highest BCUT2D eigenvalue weighted by Gasteiger charge is 2.29. The summed E-state index contributed by atoms with van der Waals surface area (Å²) in [6, 6.07) is 0. The van der Waals surface area contributed by atoms with E-state index < -0.39 is 9.84 Å². The third-order valence-electron chi connectivity index (χ3n) is 3.86. The molecule has 0 bridgehead atoms. The van der Waals surface area contributed by atoms with Gasteiger partial charge in [0.1, 0.15) is 0 Å². The fourth-order valence-electron chi connectivity index (χ4n) is 2.72. The molecule has 0 N–H and O–H groups in total. The molecule has 4 nitrogen and oxygen atoms in total. The summed E-state index contributed by atoms with van der Waals surface area (Å²) in [5, 5.41) is 0. The Kier molecular flexibility index (Phi) is 4.07. The number of carbonyl (C=O) groups excluding carboxylic acids is 1. The maximum Gasteiger partial charge on any atom is 0.225 e. The van der Waals surface area contributed by atoms with E-state index >= 15 is 0 Å². The summed E-state index contributed by atoms with van der Waals surface area (Å²) in [7, 11) is -2.88. The Balaban J connectivity index is 1.91. The fourth-order valence-corrected chi connectivity index (χ4v) is 3.92. The van der Waals surface area contributed by atoms with E-state index in [1.54, 1.807) is 4.90 Å². The van der Waals surface area contributed by atoms with E-state index in [1.807, 2.05) is 0 Å². The number of carbonyl (C=O) groups is 1. The molecule has 1 aliphatic carbocycles. The maximum atomic E-state index is 12.2. The highest BCUT2D eigenvalue weighted by molar-refractivity contribution is 7.91. The van der Waals surface area contributed by atoms with E-state index in [4.69, 9.17) is 0 Å². The van der Waals surface area contributed by atoms with Crippen molar-refractivity contribution in [3.05, 3.63) is 0 Å². The Morgan fingerprint density at radius 1 is 0.941 bits per heavy atom. The first-order chi connectivity index (χ1) is 8.08. The Morgan fingerprint density at radius 3 is 2.00 bits per heavy atom. The predicted octanol–water partition coefficient (Wildman–Crippen LogP) is 1.21. The van der Waals surface area contributed by atoms with Crippen molar-refractivity contribution < 1.29 is 13.2 Å². The van der Waals surface area contributed by atoms with Crippen molar-refractivity contribution in [2.24, 2.45) is 5.92 Å². The zero-order valence-electron chi connectivity index (χ0n) is 10.2. The summed E-state index contributed by atoms with van der Waals surface area (Å²) in [4.78, 5) is 14.0. The molecule has 0 radical (unpaired) electrons. The van der Waals surface area contributed by atoms with Gasteiger partial charge in [-0.25, -0.2) is 8.42 Å². The average molecular weight is 259 g/mol. The van der Waals surface area contributed by atoms with Gasteiger partial charge in [-0.15, -0.1) is 0 Å². The molecule has 1 saturated heterocycles. The summed E-state index contributed by atoms with van der Waals surface area (Å²) < 4.78 is 22.6. The van der Waals surface area contributed by atoms with Gasteiger partial charge < -0.3 is 4.90 Å². The summed E-state index contributed by atoms with van der Waals surface area (Å²) in [6.07, 6.45) is 6.73. The molecule has 2 rings (SSSR count). The van der Waals surface area contributed by atoms with E-state index in [1.165, 1.54) is 12.8 Å². The minimum Gasteiger partial charge on any atom is -0.340 e. The van der Waals surface area contributed by atoms with Gasteiger partial charge in [0.25, 0.3) is 0 Å². The lowest BCUT2D eigenvalue weighted by molar-refractivity contribution is -0.135. The van der Waals surface area contributed by atoms with Crippen LogP contribution in [0.4, 0.5) is 0 Å². The van der Waals surface area contributed by atoms with Crippen LogP contribution in [0.25, 0.3) is 0 Å². The Morgan fingerprint density at radius 2 is 1.47 bits per heavy atom. The van der Waals surface area contributed by atoms with Gasteiger partial charge in [0.15, 0.2) is 9.84 Å². The highest BCUT2D eigenvalue weighted by atomic mass is 32.2. The number of rotatable bonds is 1. The third kappa shape index (κ3) is 3.44. The van der Waals surface area contributed by atoms with Crippen LogP contribution in [0.2, 0.25) is 0 Å². The molecule has 0 atom stereocenters. The molecule has 0 unspecified atom stereocenters. The van der Waals surface area contributed by atoms with Crippen LogP contribution in [0, 0.1) is 5.92 Å². The third-order valence-corrected chi connectivity index (χ3v) is 5.47. The van der Waals surface area contributed by atoms with Gasteiger partial charge in [-0.05, 0) is 12.8 Å². The molecule has 17 heavy (non-hydrogen) atoms. The smallest absolute Gasteiger partial charge is 0.225 e. The molecule has 1 aliphatic heterocycles. The summed E-state index contributed by atoms with van der Waals surface area (Å²) in [5.74, 6) is 0.636. The van der Waals surface area contributed by atoms with Crippen molar-refractivity contribution >= 4 is 15.7 Å². The lowest BCUT2D eigenvalue weighted by Gasteiger charge is -2.30. The number of nitrogens with zero attached hydrogens (tertiary/aromatic N) is 1. The quantitative estimate of drug-likeness (QED) is 0.665. The van der Waals surface area contributed by atoms with E-state index in [0.29, 0.717) is 13.1 Å². The number of amides is 1. The number of hydrogen-bond acceptors (Lipinski definition) is 3. The van der Waals surface area contributed by atoms with Crippen LogP contribution in [0.3, 0.4) is 0 Å².